The van der Waals surface area contributed by atoms with Crippen LogP contribution in [0.5, 0.6) is 0 Å². The molecule has 1 aliphatic heterocycles. The van der Waals surface area contributed by atoms with Crippen LogP contribution >= 0.6 is 0 Å². The monoisotopic (exact) mass is 355 g/mol. The molecule has 2 atom stereocenters. The van der Waals surface area contributed by atoms with Crippen LogP contribution in [0.25, 0.3) is 0 Å². The van der Waals surface area contributed by atoms with Crippen molar-refractivity contribution in [3.05, 3.63) is 0 Å². The summed E-state index contributed by atoms with van der Waals surface area (Å²) in [7, 11) is 0. The molecular formula is C7H16N2O2Pt+2. The van der Waals surface area contributed by atoms with Gasteiger partial charge in [0.15, 0.2) is 5.79 Å². The summed E-state index contributed by atoms with van der Waals surface area (Å²) in [6, 6.07) is 0. The summed E-state index contributed by atoms with van der Waals surface area (Å²) < 4.78 is 10.9. The predicted octanol–water partition coefficient (Wildman–Crippen LogP) is -0.579. The first-order chi connectivity index (χ1) is 5.09. The van der Waals surface area contributed by atoms with E-state index in [1.165, 1.54) is 0 Å². The molecule has 0 bridgehead atoms. The fourth-order valence-corrected chi connectivity index (χ4v) is 1.31. The Morgan fingerprint density at radius 3 is 1.67 bits per heavy atom. The molecule has 1 heterocycles. The average molecular weight is 355 g/mol. The Bertz CT molecular complexity index is 129. The summed E-state index contributed by atoms with van der Waals surface area (Å²) in [4.78, 5) is 0. The van der Waals surface area contributed by atoms with Crippen molar-refractivity contribution < 1.29 is 30.5 Å². The number of hydrogen-bond acceptors (Lipinski definition) is 4. The summed E-state index contributed by atoms with van der Waals surface area (Å²) in [6.07, 6.45) is -0.0926. The van der Waals surface area contributed by atoms with Gasteiger partial charge in [-0.05, 0) is 13.8 Å². The number of nitrogens with two attached hydrogens (primary N) is 2. The predicted molar refractivity (Wildman–Crippen MR) is 41.9 cm³/mol. The molecule has 1 saturated heterocycles. The first-order valence-corrected chi connectivity index (χ1v) is 3.85. The van der Waals surface area contributed by atoms with E-state index in [4.69, 9.17) is 20.9 Å². The van der Waals surface area contributed by atoms with Gasteiger partial charge in [-0.15, -0.1) is 0 Å². The second kappa shape index (κ2) is 4.68. The molecule has 0 aromatic rings. The molecule has 4 nitrogen and oxygen atoms in total. The fourth-order valence-electron chi connectivity index (χ4n) is 1.31. The van der Waals surface area contributed by atoms with Crippen molar-refractivity contribution in [2.45, 2.75) is 31.8 Å². The second-order valence-electron chi connectivity index (χ2n) is 3.18. The molecule has 0 radical (unpaired) electrons. The molecule has 74 valence electrons. The van der Waals surface area contributed by atoms with E-state index in [-0.39, 0.29) is 33.3 Å². The molecule has 1 rings (SSSR count). The maximum Gasteiger partial charge on any atom is 2.00 e. The van der Waals surface area contributed by atoms with Crippen molar-refractivity contribution in [3.63, 3.8) is 0 Å². The Morgan fingerprint density at radius 1 is 1.08 bits per heavy atom. The molecule has 0 aromatic heterocycles. The van der Waals surface area contributed by atoms with Gasteiger partial charge in [0.1, 0.15) is 12.2 Å². The normalized spacial score (nSPS) is 33.0. The molecule has 0 saturated carbocycles. The zero-order valence-electron chi connectivity index (χ0n) is 7.36. The molecule has 0 aliphatic carbocycles. The summed E-state index contributed by atoms with van der Waals surface area (Å²) in [6.45, 7) is 4.66. The fraction of sp³-hybridized carbons (Fsp3) is 1.00. The van der Waals surface area contributed by atoms with E-state index in [2.05, 4.69) is 0 Å². The summed E-state index contributed by atoms with van der Waals surface area (Å²) >= 11 is 0. The molecular weight excluding hydrogens is 339 g/mol. The van der Waals surface area contributed by atoms with Gasteiger partial charge in [0.25, 0.3) is 0 Å². The smallest absolute Gasteiger partial charge is 0.343 e. The van der Waals surface area contributed by atoms with Crippen molar-refractivity contribution in [2.75, 3.05) is 13.1 Å². The Labute approximate surface area is 87.2 Å². The van der Waals surface area contributed by atoms with Crippen LogP contribution in [0.3, 0.4) is 0 Å². The van der Waals surface area contributed by atoms with Gasteiger partial charge < -0.3 is 20.9 Å². The average Bonchev–Trinajstić information content (AvgIpc) is 2.25. The van der Waals surface area contributed by atoms with Crippen LogP contribution in [-0.4, -0.2) is 31.1 Å². The minimum atomic E-state index is -0.520. The maximum atomic E-state index is 5.47. The van der Waals surface area contributed by atoms with Crippen LogP contribution < -0.4 is 11.5 Å². The first kappa shape index (κ1) is 12.5. The van der Waals surface area contributed by atoms with Crippen molar-refractivity contribution in [3.8, 4) is 0 Å². The van der Waals surface area contributed by atoms with Gasteiger partial charge in [-0.1, -0.05) is 0 Å². The molecule has 12 heavy (non-hydrogen) atoms. The largest absolute Gasteiger partial charge is 2.00 e. The van der Waals surface area contributed by atoms with Crippen LogP contribution in [0.1, 0.15) is 13.8 Å². The van der Waals surface area contributed by atoms with Gasteiger partial charge in [0, 0.05) is 13.1 Å². The zero-order chi connectivity index (χ0) is 8.48. The van der Waals surface area contributed by atoms with Crippen molar-refractivity contribution >= 4 is 0 Å². The number of ether oxygens (including phenoxy) is 2. The summed E-state index contributed by atoms with van der Waals surface area (Å²) in [5.41, 5.74) is 10.9. The van der Waals surface area contributed by atoms with Crippen molar-refractivity contribution in [1.29, 1.82) is 0 Å². The van der Waals surface area contributed by atoms with Gasteiger partial charge >= 0.3 is 21.1 Å². The van der Waals surface area contributed by atoms with E-state index < -0.39 is 5.79 Å². The minimum Gasteiger partial charge on any atom is -0.343 e. The minimum absolute atomic E-state index is 0. The third kappa shape index (κ3) is 2.78. The van der Waals surface area contributed by atoms with Crippen LogP contribution in [0.15, 0.2) is 0 Å². The second-order valence-corrected chi connectivity index (χ2v) is 3.18. The molecule has 1 aliphatic rings. The van der Waals surface area contributed by atoms with Crippen molar-refractivity contribution in [1.82, 2.24) is 0 Å². The van der Waals surface area contributed by atoms with Crippen LogP contribution in [0.2, 0.25) is 0 Å². The quantitative estimate of drug-likeness (QED) is 0.696. The van der Waals surface area contributed by atoms with E-state index in [1.54, 1.807) is 0 Å². The molecule has 0 amide bonds. The van der Waals surface area contributed by atoms with Gasteiger partial charge in [-0.2, -0.15) is 0 Å². The molecule has 5 heteroatoms. The molecule has 0 spiro atoms. The Morgan fingerprint density at radius 2 is 1.42 bits per heavy atom. The zero-order valence-corrected chi connectivity index (χ0v) is 9.63. The Balaban J connectivity index is 0.00000121. The topological polar surface area (TPSA) is 70.5 Å². The van der Waals surface area contributed by atoms with E-state index in [1.807, 2.05) is 13.8 Å². The summed E-state index contributed by atoms with van der Waals surface area (Å²) in [5.74, 6) is -0.520. The first-order valence-electron chi connectivity index (χ1n) is 3.85. The van der Waals surface area contributed by atoms with E-state index in [0.717, 1.165) is 0 Å². The molecule has 1 fully saturated rings. The maximum absolute atomic E-state index is 5.47. The van der Waals surface area contributed by atoms with Crippen molar-refractivity contribution in [2.24, 2.45) is 11.5 Å². The molecule has 0 aromatic carbocycles. The van der Waals surface area contributed by atoms with Crippen LogP contribution in [-0.2, 0) is 30.5 Å². The van der Waals surface area contributed by atoms with Crippen LogP contribution in [0.4, 0.5) is 0 Å². The third-order valence-corrected chi connectivity index (χ3v) is 1.75. The Hall–Kier alpha value is 0.528. The van der Waals surface area contributed by atoms with Crippen LogP contribution in [0, 0.1) is 0 Å². The molecule has 4 N–H and O–H groups in total. The number of rotatable bonds is 2. The van der Waals surface area contributed by atoms with Gasteiger partial charge in [0.05, 0.1) is 0 Å². The standard InChI is InChI=1S/C7H16N2O2.Pt/c1-7(2)10-5(3-8)6(4-9)11-7;/h5-6H,3-4,8-9H2,1-2H3;/q;+2/t5-,6-;/m1./s1. The van der Waals surface area contributed by atoms with Gasteiger partial charge in [0.2, 0.25) is 0 Å². The SMILES string of the molecule is CC1(C)O[C@H](CN)[C@@H](CN)O1.[Pt+2]. The van der Waals surface area contributed by atoms with Gasteiger partial charge in [-0.3, -0.25) is 0 Å². The van der Waals surface area contributed by atoms with Gasteiger partial charge in [-0.25, -0.2) is 0 Å². The third-order valence-electron chi connectivity index (χ3n) is 1.75. The molecule has 0 unspecified atom stereocenters. The number of hydrogen-bond donors (Lipinski definition) is 2. The van der Waals surface area contributed by atoms with E-state index >= 15 is 0 Å². The van der Waals surface area contributed by atoms with E-state index in [9.17, 15) is 0 Å². The summed E-state index contributed by atoms with van der Waals surface area (Å²) in [5, 5.41) is 0. The van der Waals surface area contributed by atoms with E-state index in [0.29, 0.717) is 13.1 Å². The Kier molecular flexibility index (Phi) is 4.88.